The van der Waals surface area contributed by atoms with Gasteiger partial charge in [0.15, 0.2) is 0 Å². The number of hydrogen-bond acceptors (Lipinski definition) is 4. The molecule has 0 radical (unpaired) electrons. The van der Waals surface area contributed by atoms with Gasteiger partial charge < -0.3 is 5.11 Å². The summed E-state index contributed by atoms with van der Waals surface area (Å²) in [7, 11) is 0. The molecule has 0 bridgehead atoms. The van der Waals surface area contributed by atoms with Crippen molar-refractivity contribution in [3.05, 3.63) is 39.7 Å². The highest BCUT2D eigenvalue weighted by molar-refractivity contribution is 5.35. The summed E-state index contributed by atoms with van der Waals surface area (Å²) < 4.78 is 13.3. The number of nitro benzene ring substituents is 1. The molecule has 1 N–H and O–H groups in total. The molecule has 1 saturated heterocycles. The molecule has 92 valence electrons. The predicted octanol–water partition coefficient (Wildman–Crippen LogP) is 1.16. The number of likely N-dealkylation sites (tertiary alicyclic amines) is 1. The number of nitro groups is 1. The molecular formula is C11H13FN2O3. The second-order valence-electron chi connectivity index (χ2n) is 4.29. The van der Waals surface area contributed by atoms with E-state index >= 15 is 0 Å². The van der Waals surface area contributed by atoms with Crippen molar-refractivity contribution >= 4 is 5.69 Å². The fraction of sp³-hybridized carbons (Fsp3) is 0.455. The van der Waals surface area contributed by atoms with E-state index in [1.165, 1.54) is 12.1 Å². The standard InChI is InChI=1S/C11H13FN2O3/c12-10-3-8(1-2-11(10)14(16)17)4-13-5-9(6-13)7-15/h1-3,9,15H,4-7H2. The van der Waals surface area contributed by atoms with Crippen LogP contribution in [-0.4, -0.2) is 34.6 Å². The highest BCUT2D eigenvalue weighted by Crippen LogP contribution is 2.22. The molecule has 0 aliphatic carbocycles. The first-order chi connectivity index (χ1) is 8.10. The van der Waals surface area contributed by atoms with Crippen LogP contribution in [0.3, 0.4) is 0 Å². The van der Waals surface area contributed by atoms with E-state index in [-0.39, 0.29) is 6.61 Å². The molecule has 6 heteroatoms. The average molecular weight is 240 g/mol. The number of nitrogens with zero attached hydrogens (tertiary/aromatic N) is 2. The van der Waals surface area contributed by atoms with Crippen molar-refractivity contribution in [1.82, 2.24) is 4.90 Å². The molecule has 0 atom stereocenters. The Balaban J connectivity index is 1.99. The topological polar surface area (TPSA) is 66.6 Å². The summed E-state index contributed by atoms with van der Waals surface area (Å²) in [6.45, 7) is 2.31. The van der Waals surface area contributed by atoms with Crippen molar-refractivity contribution in [1.29, 1.82) is 0 Å². The van der Waals surface area contributed by atoms with Crippen LogP contribution >= 0.6 is 0 Å². The van der Waals surface area contributed by atoms with Crippen LogP contribution in [0.25, 0.3) is 0 Å². The lowest BCUT2D eigenvalue weighted by Crippen LogP contribution is -2.47. The zero-order valence-electron chi connectivity index (χ0n) is 9.17. The number of halogens is 1. The van der Waals surface area contributed by atoms with Gasteiger partial charge in [-0.05, 0) is 11.6 Å². The number of aliphatic hydroxyl groups excluding tert-OH is 1. The van der Waals surface area contributed by atoms with E-state index in [1.807, 2.05) is 0 Å². The third-order valence-electron chi connectivity index (χ3n) is 2.91. The van der Waals surface area contributed by atoms with Gasteiger partial charge in [-0.15, -0.1) is 0 Å². The van der Waals surface area contributed by atoms with Crippen LogP contribution in [0, 0.1) is 21.8 Å². The van der Waals surface area contributed by atoms with E-state index < -0.39 is 16.4 Å². The fourth-order valence-electron chi connectivity index (χ4n) is 1.98. The normalized spacial score (nSPS) is 16.8. The van der Waals surface area contributed by atoms with Crippen LogP contribution in [0.2, 0.25) is 0 Å². The predicted molar refractivity (Wildman–Crippen MR) is 58.9 cm³/mol. The summed E-state index contributed by atoms with van der Waals surface area (Å²) in [6, 6.07) is 3.95. The van der Waals surface area contributed by atoms with E-state index in [0.717, 1.165) is 13.1 Å². The Labute approximate surface area is 97.6 Å². The molecule has 1 aromatic carbocycles. The maximum Gasteiger partial charge on any atom is 0.304 e. The van der Waals surface area contributed by atoms with E-state index in [2.05, 4.69) is 4.90 Å². The summed E-state index contributed by atoms with van der Waals surface area (Å²) >= 11 is 0. The van der Waals surface area contributed by atoms with Gasteiger partial charge in [0.05, 0.1) is 4.92 Å². The SMILES string of the molecule is O=[N+]([O-])c1ccc(CN2CC(CO)C2)cc1F. The zero-order valence-corrected chi connectivity index (χ0v) is 9.17. The molecule has 1 aliphatic heterocycles. The molecule has 0 unspecified atom stereocenters. The molecule has 2 rings (SSSR count). The van der Waals surface area contributed by atoms with E-state index in [0.29, 0.717) is 18.0 Å². The first kappa shape index (κ1) is 11.9. The summed E-state index contributed by atoms with van der Waals surface area (Å²) in [5.74, 6) is -0.496. The lowest BCUT2D eigenvalue weighted by Gasteiger charge is -2.38. The summed E-state index contributed by atoms with van der Waals surface area (Å²) in [5.41, 5.74) is 0.218. The maximum absolute atomic E-state index is 13.3. The molecule has 1 heterocycles. The van der Waals surface area contributed by atoms with Crippen molar-refractivity contribution in [2.24, 2.45) is 5.92 Å². The highest BCUT2D eigenvalue weighted by atomic mass is 19.1. The van der Waals surface area contributed by atoms with Crippen LogP contribution in [0.4, 0.5) is 10.1 Å². The number of hydrogen-bond donors (Lipinski definition) is 1. The molecule has 1 aromatic rings. The van der Waals surface area contributed by atoms with Crippen LogP contribution in [0.1, 0.15) is 5.56 Å². The van der Waals surface area contributed by atoms with Crippen LogP contribution in [-0.2, 0) is 6.54 Å². The second kappa shape index (κ2) is 4.77. The minimum absolute atomic E-state index is 0.172. The van der Waals surface area contributed by atoms with Crippen molar-refractivity contribution in [3.63, 3.8) is 0 Å². The summed E-state index contributed by atoms with van der Waals surface area (Å²) in [6.07, 6.45) is 0. The van der Waals surface area contributed by atoms with Gasteiger partial charge in [-0.1, -0.05) is 6.07 Å². The number of benzene rings is 1. The maximum atomic E-state index is 13.3. The minimum atomic E-state index is -0.799. The monoisotopic (exact) mass is 240 g/mol. The Morgan fingerprint density at radius 3 is 2.76 bits per heavy atom. The molecule has 5 nitrogen and oxygen atoms in total. The third-order valence-corrected chi connectivity index (χ3v) is 2.91. The first-order valence-electron chi connectivity index (χ1n) is 5.36. The van der Waals surface area contributed by atoms with Crippen molar-refractivity contribution in [3.8, 4) is 0 Å². The van der Waals surface area contributed by atoms with Crippen LogP contribution in [0.15, 0.2) is 18.2 Å². The molecule has 1 aliphatic rings. The molecule has 0 spiro atoms. The first-order valence-corrected chi connectivity index (χ1v) is 5.36. The largest absolute Gasteiger partial charge is 0.396 e. The summed E-state index contributed by atoms with van der Waals surface area (Å²) in [4.78, 5) is 11.8. The zero-order chi connectivity index (χ0) is 12.4. The van der Waals surface area contributed by atoms with Crippen molar-refractivity contribution < 1.29 is 14.4 Å². The van der Waals surface area contributed by atoms with Crippen LogP contribution < -0.4 is 0 Å². The quantitative estimate of drug-likeness (QED) is 0.633. The molecule has 0 saturated carbocycles. The van der Waals surface area contributed by atoms with Crippen molar-refractivity contribution in [2.45, 2.75) is 6.54 Å². The highest BCUT2D eigenvalue weighted by Gasteiger charge is 2.26. The number of aliphatic hydroxyl groups is 1. The van der Waals surface area contributed by atoms with Gasteiger partial charge in [0.25, 0.3) is 0 Å². The Morgan fingerprint density at radius 2 is 2.24 bits per heavy atom. The molecule has 0 aromatic heterocycles. The smallest absolute Gasteiger partial charge is 0.304 e. The Hall–Kier alpha value is -1.53. The summed E-state index contributed by atoms with van der Waals surface area (Å²) in [5, 5.41) is 19.3. The van der Waals surface area contributed by atoms with Crippen LogP contribution in [0.5, 0.6) is 0 Å². The molecular weight excluding hydrogens is 227 g/mol. The second-order valence-corrected chi connectivity index (χ2v) is 4.29. The van der Waals surface area contributed by atoms with Gasteiger partial charge >= 0.3 is 5.69 Å². The van der Waals surface area contributed by atoms with Gasteiger partial charge in [0.2, 0.25) is 5.82 Å². The molecule has 1 fully saturated rings. The van der Waals surface area contributed by atoms with Gasteiger partial charge in [0, 0.05) is 38.2 Å². The lowest BCUT2D eigenvalue weighted by molar-refractivity contribution is -0.387. The van der Waals surface area contributed by atoms with Gasteiger partial charge in [-0.3, -0.25) is 15.0 Å². The minimum Gasteiger partial charge on any atom is -0.396 e. The number of rotatable bonds is 4. The lowest BCUT2D eigenvalue weighted by atomic mass is 10.0. The van der Waals surface area contributed by atoms with Gasteiger partial charge in [-0.25, -0.2) is 0 Å². The fourth-order valence-corrected chi connectivity index (χ4v) is 1.98. The van der Waals surface area contributed by atoms with Gasteiger partial charge in [-0.2, -0.15) is 4.39 Å². The molecule has 17 heavy (non-hydrogen) atoms. The Kier molecular flexibility index (Phi) is 3.35. The third kappa shape index (κ3) is 2.59. The Morgan fingerprint density at radius 1 is 1.53 bits per heavy atom. The van der Waals surface area contributed by atoms with Gasteiger partial charge in [0.1, 0.15) is 0 Å². The van der Waals surface area contributed by atoms with E-state index in [9.17, 15) is 14.5 Å². The van der Waals surface area contributed by atoms with Crippen molar-refractivity contribution in [2.75, 3.05) is 19.7 Å². The Bertz CT molecular complexity index is 433. The molecule has 0 amide bonds. The van der Waals surface area contributed by atoms with E-state index in [4.69, 9.17) is 5.11 Å². The average Bonchev–Trinajstić information content (AvgIpc) is 2.22. The van der Waals surface area contributed by atoms with E-state index in [1.54, 1.807) is 6.07 Å².